The van der Waals surface area contributed by atoms with Gasteiger partial charge in [0, 0.05) is 31.8 Å². The number of fused-ring (bicyclic) bond motifs is 3. The first-order valence-corrected chi connectivity index (χ1v) is 11.1. The molecule has 31 heavy (non-hydrogen) atoms. The SMILES string of the molecule is COCCOCC[N+]12CCC(C(C#N)(c3ccccc3)c3ccccc3)(CC1)CC2.[Br-]. The summed E-state index contributed by atoms with van der Waals surface area (Å²) in [6, 6.07) is 23.9. The van der Waals surface area contributed by atoms with Gasteiger partial charge in [-0.15, -0.1) is 0 Å². The van der Waals surface area contributed by atoms with Crippen molar-refractivity contribution in [1.29, 1.82) is 5.26 Å². The van der Waals surface area contributed by atoms with Crippen LogP contribution in [0.5, 0.6) is 0 Å². The summed E-state index contributed by atoms with van der Waals surface area (Å²) in [5.41, 5.74) is 1.68. The predicted molar refractivity (Wildman–Crippen MR) is 118 cm³/mol. The summed E-state index contributed by atoms with van der Waals surface area (Å²) in [6.07, 6.45) is 3.26. The number of benzene rings is 2. The van der Waals surface area contributed by atoms with Crippen LogP contribution in [0.3, 0.4) is 0 Å². The van der Waals surface area contributed by atoms with E-state index in [0.717, 1.165) is 67.7 Å². The molecule has 0 atom stereocenters. The Balaban J connectivity index is 0.00000272. The molecule has 3 aliphatic rings. The van der Waals surface area contributed by atoms with Crippen LogP contribution in [-0.4, -0.2) is 57.6 Å². The van der Waals surface area contributed by atoms with Crippen molar-refractivity contribution in [2.75, 3.05) is 53.1 Å². The fourth-order valence-electron chi connectivity index (χ4n) is 5.87. The van der Waals surface area contributed by atoms with Gasteiger partial charge in [-0.25, -0.2) is 0 Å². The Morgan fingerprint density at radius 1 is 0.871 bits per heavy atom. The zero-order valence-electron chi connectivity index (χ0n) is 18.4. The first kappa shape index (κ1) is 23.9. The number of nitriles is 1. The molecule has 3 heterocycles. The van der Waals surface area contributed by atoms with Crippen molar-refractivity contribution in [2.45, 2.75) is 24.7 Å². The molecule has 5 rings (SSSR count). The zero-order chi connectivity index (χ0) is 20.9. The van der Waals surface area contributed by atoms with Gasteiger partial charge in [-0.05, 0) is 11.1 Å². The van der Waals surface area contributed by atoms with Crippen LogP contribution in [0.2, 0.25) is 0 Å². The molecular formula is C26H33BrN2O2. The maximum absolute atomic E-state index is 10.8. The second-order valence-corrected chi connectivity index (χ2v) is 8.97. The highest BCUT2D eigenvalue weighted by Crippen LogP contribution is 2.58. The highest BCUT2D eigenvalue weighted by Gasteiger charge is 2.61. The summed E-state index contributed by atoms with van der Waals surface area (Å²) in [6.45, 7) is 6.58. The van der Waals surface area contributed by atoms with Crippen LogP contribution in [0.25, 0.3) is 0 Å². The molecule has 0 aliphatic carbocycles. The Bertz CT molecular complexity index is 802. The van der Waals surface area contributed by atoms with Gasteiger partial charge in [0.05, 0.1) is 45.5 Å². The van der Waals surface area contributed by atoms with Gasteiger partial charge < -0.3 is 30.9 Å². The van der Waals surface area contributed by atoms with Gasteiger partial charge in [-0.2, -0.15) is 5.26 Å². The summed E-state index contributed by atoms with van der Waals surface area (Å²) in [5, 5.41) is 10.8. The second-order valence-electron chi connectivity index (χ2n) is 8.97. The van der Waals surface area contributed by atoms with E-state index in [-0.39, 0.29) is 22.4 Å². The maximum atomic E-state index is 10.8. The van der Waals surface area contributed by atoms with Gasteiger partial charge in [0.2, 0.25) is 0 Å². The summed E-state index contributed by atoms with van der Waals surface area (Å²) < 4.78 is 12.0. The molecule has 2 aromatic rings. The van der Waals surface area contributed by atoms with Crippen LogP contribution >= 0.6 is 0 Å². The van der Waals surface area contributed by atoms with Crippen LogP contribution < -0.4 is 17.0 Å². The average Bonchev–Trinajstić information content (AvgIpc) is 2.82. The lowest BCUT2D eigenvalue weighted by atomic mass is 9.50. The van der Waals surface area contributed by atoms with Gasteiger partial charge in [0.25, 0.3) is 0 Å². The number of ether oxygens (including phenoxy) is 2. The third-order valence-electron chi connectivity index (χ3n) is 7.71. The molecule has 0 unspecified atom stereocenters. The van der Waals surface area contributed by atoms with Crippen molar-refractivity contribution in [3.63, 3.8) is 0 Å². The molecule has 0 aromatic heterocycles. The van der Waals surface area contributed by atoms with Crippen LogP contribution in [0, 0.1) is 16.7 Å². The predicted octanol–water partition coefficient (Wildman–Crippen LogP) is 1.16. The van der Waals surface area contributed by atoms with Crippen molar-refractivity contribution in [3.05, 3.63) is 71.8 Å². The van der Waals surface area contributed by atoms with E-state index in [1.54, 1.807) is 7.11 Å². The van der Waals surface area contributed by atoms with Crippen molar-refractivity contribution in [3.8, 4) is 6.07 Å². The van der Waals surface area contributed by atoms with Crippen LogP contribution in [0.1, 0.15) is 30.4 Å². The molecule has 2 bridgehead atoms. The Hall–Kier alpha value is -1.71. The highest BCUT2D eigenvalue weighted by molar-refractivity contribution is 5.49. The fourth-order valence-corrected chi connectivity index (χ4v) is 5.87. The Labute approximate surface area is 197 Å². The minimum Gasteiger partial charge on any atom is -1.00 e. The number of rotatable bonds is 9. The smallest absolute Gasteiger partial charge is 0.113 e. The number of methoxy groups -OCH3 is 1. The molecule has 5 heteroatoms. The van der Waals surface area contributed by atoms with E-state index in [1.807, 2.05) is 12.1 Å². The van der Waals surface area contributed by atoms with Crippen LogP contribution in [0.15, 0.2) is 60.7 Å². The van der Waals surface area contributed by atoms with Gasteiger partial charge in [0.1, 0.15) is 12.0 Å². The van der Waals surface area contributed by atoms with Gasteiger partial charge in [0.15, 0.2) is 0 Å². The van der Waals surface area contributed by atoms with Gasteiger partial charge in [-0.3, -0.25) is 0 Å². The molecular weight excluding hydrogens is 452 g/mol. The monoisotopic (exact) mass is 484 g/mol. The standard InChI is InChI=1S/C26H33N2O2.BrH/c1-29-20-21-30-19-18-28-15-12-25(13-16-28,14-17-28)26(22-27,23-8-4-2-5-9-23)24-10-6-3-7-11-24;/h2-11H,12-21H2,1H3;1H/q+1;/p-1. The molecule has 166 valence electrons. The molecule has 0 amide bonds. The van der Waals surface area contributed by atoms with E-state index in [9.17, 15) is 5.26 Å². The van der Waals surface area contributed by atoms with E-state index >= 15 is 0 Å². The molecule has 3 aliphatic heterocycles. The third kappa shape index (κ3) is 4.32. The van der Waals surface area contributed by atoms with Crippen LogP contribution in [0.4, 0.5) is 0 Å². The lowest BCUT2D eigenvalue weighted by molar-refractivity contribution is -0.946. The van der Waals surface area contributed by atoms with Crippen molar-refractivity contribution < 1.29 is 30.9 Å². The number of halogens is 1. The number of hydrogen-bond acceptors (Lipinski definition) is 3. The maximum Gasteiger partial charge on any atom is 0.113 e. The first-order chi connectivity index (χ1) is 14.7. The molecule has 0 saturated carbocycles. The Kier molecular flexibility index (Phi) is 7.93. The molecule has 0 spiro atoms. The summed E-state index contributed by atoms with van der Waals surface area (Å²) in [4.78, 5) is 0. The fraction of sp³-hybridized carbons (Fsp3) is 0.500. The highest BCUT2D eigenvalue weighted by atomic mass is 79.9. The van der Waals surface area contributed by atoms with Crippen molar-refractivity contribution in [2.24, 2.45) is 5.41 Å². The largest absolute Gasteiger partial charge is 1.00 e. The lowest BCUT2D eigenvalue weighted by Crippen LogP contribution is -3.00. The number of quaternary nitrogens is 1. The van der Waals surface area contributed by atoms with E-state index < -0.39 is 5.41 Å². The molecule has 2 aromatic carbocycles. The van der Waals surface area contributed by atoms with E-state index in [1.165, 1.54) is 0 Å². The minimum absolute atomic E-state index is 0. The second kappa shape index (κ2) is 10.3. The molecule has 4 nitrogen and oxygen atoms in total. The van der Waals surface area contributed by atoms with Crippen LogP contribution in [-0.2, 0) is 14.9 Å². The molecule has 0 N–H and O–H groups in total. The number of hydrogen-bond donors (Lipinski definition) is 0. The van der Waals surface area contributed by atoms with Crippen molar-refractivity contribution >= 4 is 0 Å². The molecule has 3 fully saturated rings. The normalized spacial score (nSPS) is 24.9. The van der Waals surface area contributed by atoms with E-state index in [0.29, 0.717) is 13.2 Å². The molecule has 3 saturated heterocycles. The van der Waals surface area contributed by atoms with Crippen molar-refractivity contribution in [1.82, 2.24) is 0 Å². The third-order valence-corrected chi connectivity index (χ3v) is 7.71. The lowest BCUT2D eigenvalue weighted by Gasteiger charge is -2.59. The Morgan fingerprint density at radius 2 is 1.39 bits per heavy atom. The summed E-state index contributed by atoms with van der Waals surface area (Å²) in [7, 11) is 1.71. The molecule has 0 radical (unpaired) electrons. The van der Waals surface area contributed by atoms with Gasteiger partial charge in [-0.1, -0.05) is 60.7 Å². The quantitative estimate of drug-likeness (QED) is 0.396. The number of piperidine rings is 3. The zero-order valence-corrected chi connectivity index (χ0v) is 20.0. The Morgan fingerprint density at radius 3 is 1.84 bits per heavy atom. The van der Waals surface area contributed by atoms with E-state index in [4.69, 9.17) is 9.47 Å². The summed E-state index contributed by atoms with van der Waals surface area (Å²) >= 11 is 0. The average molecular weight is 485 g/mol. The van der Waals surface area contributed by atoms with E-state index in [2.05, 4.69) is 54.6 Å². The minimum atomic E-state index is -0.596. The first-order valence-electron chi connectivity index (χ1n) is 11.1. The number of nitrogens with zero attached hydrogens (tertiary/aromatic N) is 2. The van der Waals surface area contributed by atoms with Gasteiger partial charge >= 0.3 is 0 Å². The topological polar surface area (TPSA) is 42.2 Å². The summed E-state index contributed by atoms with van der Waals surface area (Å²) in [5.74, 6) is 0.